The lowest BCUT2D eigenvalue weighted by molar-refractivity contribution is -0.133. The van der Waals surface area contributed by atoms with Crippen molar-refractivity contribution in [3.63, 3.8) is 0 Å². The third-order valence-electron chi connectivity index (χ3n) is 4.09. The van der Waals surface area contributed by atoms with Crippen molar-refractivity contribution >= 4 is 33.2 Å². The molecule has 1 aliphatic heterocycles. The first-order valence-corrected chi connectivity index (χ1v) is 11.1. The summed E-state index contributed by atoms with van der Waals surface area (Å²) in [5, 5.41) is 1.47. The number of hydrogen-bond acceptors (Lipinski definition) is 7. The van der Waals surface area contributed by atoms with Crippen molar-refractivity contribution in [2.24, 2.45) is 5.92 Å². The molecule has 1 fully saturated rings. The minimum absolute atomic E-state index is 0.0279. The van der Waals surface area contributed by atoms with Gasteiger partial charge in [0.2, 0.25) is 5.91 Å². The Balaban J connectivity index is 1.87. The van der Waals surface area contributed by atoms with Crippen molar-refractivity contribution in [1.82, 2.24) is 9.21 Å². The molecule has 1 aromatic rings. The Morgan fingerprint density at radius 2 is 1.89 bits per heavy atom. The number of ether oxygens (including phenoxy) is 2. The minimum Gasteiger partial charge on any atom is -0.465 e. The number of carbonyl (C=O) groups excluding carboxylic acids is 2. The van der Waals surface area contributed by atoms with Crippen LogP contribution in [0.4, 0.5) is 0 Å². The van der Waals surface area contributed by atoms with Gasteiger partial charge in [0.1, 0.15) is 4.21 Å². The zero-order valence-corrected chi connectivity index (χ0v) is 17.5. The van der Waals surface area contributed by atoms with Gasteiger partial charge in [-0.3, -0.25) is 4.79 Å². The predicted molar refractivity (Wildman–Crippen MR) is 101 cm³/mol. The van der Waals surface area contributed by atoms with Crippen LogP contribution in [0, 0.1) is 5.92 Å². The number of nitrogens with zero attached hydrogens (tertiary/aromatic N) is 2. The lowest BCUT2D eigenvalue weighted by Crippen LogP contribution is -2.50. The number of methoxy groups -OCH3 is 1. The summed E-state index contributed by atoms with van der Waals surface area (Å²) in [6, 6.07) is 1.33. The molecule has 0 N–H and O–H groups in total. The van der Waals surface area contributed by atoms with E-state index in [0.717, 1.165) is 11.3 Å². The second kappa shape index (κ2) is 9.63. The predicted octanol–water partition coefficient (Wildman–Crippen LogP) is 1.43. The van der Waals surface area contributed by atoms with Crippen LogP contribution in [0.1, 0.15) is 30.6 Å². The Bertz CT molecular complexity index is 751. The molecule has 1 saturated heterocycles. The Labute approximate surface area is 164 Å². The molecule has 152 valence electrons. The summed E-state index contributed by atoms with van der Waals surface area (Å²) in [6.07, 6.45) is 0.298. The SMILES string of the molecule is COC(=O)c1csc(S(=O)(=O)N2CCN(C(=O)CCOCC(C)C)CC2)c1. The molecular weight excluding hydrogens is 392 g/mol. The van der Waals surface area contributed by atoms with Gasteiger partial charge in [0, 0.05) is 38.2 Å². The third kappa shape index (κ3) is 5.74. The molecule has 2 heterocycles. The van der Waals surface area contributed by atoms with Gasteiger partial charge in [-0.15, -0.1) is 11.3 Å². The lowest BCUT2D eigenvalue weighted by Gasteiger charge is -2.33. The van der Waals surface area contributed by atoms with Crippen molar-refractivity contribution in [2.45, 2.75) is 24.5 Å². The van der Waals surface area contributed by atoms with Crippen LogP contribution in [-0.4, -0.2) is 76.0 Å². The number of rotatable bonds is 8. The molecule has 1 amide bonds. The van der Waals surface area contributed by atoms with E-state index in [9.17, 15) is 18.0 Å². The number of thiophene rings is 1. The molecule has 1 aliphatic rings. The van der Waals surface area contributed by atoms with Crippen LogP contribution >= 0.6 is 11.3 Å². The average molecular weight is 419 g/mol. The highest BCUT2D eigenvalue weighted by molar-refractivity contribution is 7.91. The van der Waals surface area contributed by atoms with E-state index < -0.39 is 16.0 Å². The van der Waals surface area contributed by atoms with Crippen LogP contribution in [0.5, 0.6) is 0 Å². The highest BCUT2D eigenvalue weighted by Crippen LogP contribution is 2.25. The number of carbonyl (C=O) groups is 2. The van der Waals surface area contributed by atoms with Crippen LogP contribution in [0.2, 0.25) is 0 Å². The topological polar surface area (TPSA) is 93.2 Å². The fraction of sp³-hybridized carbons (Fsp3) is 0.647. The maximum Gasteiger partial charge on any atom is 0.338 e. The highest BCUT2D eigenvalue weighted by Gasteiger charge is 2.31. The van der Waals surface area contributed by atoms with E-state index in [-0.39, 0.29) is 28.8 Å². The maximum absolute atomic E-state index is 12.7. The summed E-state index contributed by atoms with van der Waals surface area (Å²) >= 11 is 0.989. The fourth-order valence-corrected chi connectivity index (χ4v) is 5.34. The van der Waals surface area contributed by atoms with Crippen LogP contribution in [0.15, 0.2) is 15.7 Å². The molecule has 0 atom stereocenters. The summed E-state index contributed by atoms with van der Waals surface area (Å²) in [6.45, 7) is 6.23. The summed E-state index contributed by atoms with van der Waals surface area (Å²) in [5.41, 5.74) is 0.219. The molecule has 1 aromatic heterocycles. The molecule has 0 unspecified atom stereocenters. The highest BCUT2D eigenvalue weighted by atomic mass is 32.2. The molecule has 10 heteroatoms. The summed E-state index contributed by atoms with van der Waals surface area (Å²) in [7, 11) is -2.43. The number of esters is 1. The van der Waals surface area contributed by atoms with Gasteiger partial charge in [0.25, 0.3) is 10.0 Å². The van der Waals surface area contributed by atoms with Gasteiger partial charge in [-0.05, 0) is 12.0 Å². The normalized spacial score (nSPS) is 15.9. The van der Waals surface area contributed by atoms with Gasteiger partial charge in [0.05, 0.1) is 25.7 Å². The van der Waals surface area contributed by atoms with Crippen molar-refractivity contribution in [1.29, 1.82) is 0 Å². The largest absolute Gasteiger partial charge is 0.465 e. The first kappa shape index (κ1) is 21.8. The molecule has 0 aromatic carbocycles. The van der Waals surface area contributed by atoms with E-state index in [4.69, 9.17) is 4.74 Å². The van der Waals surface area contributed by atoms with Crippen molar-refractivity contribution in [3.05, 3.63) is 17.0 Å². The standard InChI is InChI=1S/C17H26N2O6S2/c1-13(2)11-25-9-4-15(20)18-5-7-19(8-6-18)27(22,23)16-10-14(12-26-16)17(21)24-3/h10,12-13H,4-9,11H2,1-3H3. The van der Waals surface area contributed by atoms with E-state index in [2.05, 4.69) is 4.74 Å². The van der Waals surface area contributed by atoms with Gasteiger partial charge in [0.15, 0.2) is 0 Å². The zero-order chi connectivity index (χ0) is 20.0. The Kier molecular flexibility index (Phi) is 7.78. The van der Waals surface area contributed by atoms with Crippen LogP contribution in [-0.2, 0) is 24.3 Å². The second-order valence-corrected chi connectivity index (χ2v) is 9.73. The van der Waals surface area contributed by atoms with Crippen molar-refractivity contribution in [2.75, 3.05) is 46.5 Å². The van der Waals surface area contributed by atoms with E-state index in [1.54, 1.807) is 4.90 Å². The zero-order valence-electron chi connectivity index (χ0n) is 15.8. The first-order valence-electron chi connectivity index (χ1n) is 8.78. The number of sulfonamides is 1. The van der Waals surface area contributed by atoms with Crippen LogP contribution < -0.4 is 0 Å². The molecule has 0 aliphatic carbocycles. The van der Waals surface area contributed by atoms with Crippen LogP contribution in [0.3, 0.4) is 0 Å². The molecule has 2 rings (SSSR count). The monoisotopic (exact) mass is 418 g/mol. The van der Waals surface area contributed by atoms with E-state index in [1.165, 1.54) is 22.9 Å². The number of amides is 1. The maximum atomic E-state index is 12.7. The summed E-state index contributed by atoms with van der Waals surface area (Å²) in [4.78, 5) is 25.4. The smallest absolute Gasteiger partial charge is 0.338 e. The molecule has 0 radical (unpaired) electrons. The van der Waals surface area contributed by atoms with E-state index in [0.29, 0.717) is 38.6 Å². The molecule has 0 spiro atoms. The van der Waals surface area contributed by atoms with Gasteiger partial charge in [-0.1, -0.05) is 13.8 Å². The molecule has 8 nitrogen and oxygen atoms in total. The molecule has 0 saturated carbocycles. The fourth-order valence-electron chi connectivity index (χ4n) is 2.62. The third-order valence-corrected chi connectivity index (χ3v) is 7.41. The molecule has 0 bridgehead atoms. The second-order valence-electron chi connectivity index (χ2n) is 6.65. The lowest BCUT2D eigenvalue weighted by atomic mass is 10.2. The average Bonchev–Trinajstić information content (AvgIpc) is 3.15. The van der Waals surface area contributed by atoms with Gasteiger partial charge in [-0.25, -0.2) is 13.2 Å². The summed E-state index contributed by atoms with van der Waals surface area (Å²) < 4.78 is 36.9. The minimum atomic E-state index is -3.68. The molecular formula is C17H26N2O6S2. The Hall–Kier alpha value is -1.49. The van der Waals surface area contributed by atoms with Gasteiger partial charge >= 0.3 is 5.97 Å². The first-order chi connectivity index (χ1) is 12.8. The Morgan fingerprint density at radius 3 is 2.48 bits per heavy atom. The van der Waals surface area contributed by atoms with E-state index >= 15 is 0 Å². The summed E-state index contributed by atoms with van der Waals surface area (Å²) in [5.74, 6) is -0.173. The quantitative estimate of drug-likeness (QED) is 0.468. The van der Waals surface area contributed by atoms with Gasteiger partial charge < -0.3 is 14.4 Å². The Morgan fingerprint density at radius 1 is 1.22 bits per heavy atom. The molecule has 27 heavy (non-hydrogen) atoms. The number of hydrogen-bond donors (Lipinski definition) is 0. The van der Waals surface area contributed by atoms with Crippen molar-refractivity contribution in [3.8, 4) is 0 Å². The van der Waals surface area contributed by atoms with E-state index in [1.807, 2.05) is 13.8 Å². The number of piperazine rings is 1. The van der Waals surface area contributed by atoms with Crippen molar-refractivity contribution < 1.29 is 27.5 Å². The van der Waals surface area contributed by atoms with Gasteiger partial charge in [-0.2, -0.15) is 4.31 Å². The van der Waals surface area contributed by atoms with Crippen LogP contribution in [0.25, 0.3) is 0 Å².